The molecule has 0 fully saturated rings. The number of carbonyl (C=O) groups is 1. The first-order valence-electron chi connectivity index (χ1n) is 5.38. The van der Waals surface area contributed by atoms with E-state index in [4.69, 9.17) is 4.74 Å². The fourth-order valence-corrected chi connectivity index (χ4v) is 1.29. The van der Waals surface area contributed by atoms with Crippen molar-refractivity contribution in [2.45, 2.75) is 12.8 Å². The molecule has 3 nitrogen and oxygen atoms in total. The van der Waals surface area contributed by atoms with Crippen LogP contribution in [0.3, 0.4) is 0 Å². The van der Waals surface area contributed by atoms with E-state index in [9.17, 15) is 13.6 Å². The van der Waals surface area contributed by atoms with E-state index in [-0.39, 0.29) is 6.61 Å². The average molecular weight is 256 g/mol. The Hall–Kier alpha value is -1.91. The molecule has 18 heavy (non-hydrogen) atoms. The quantitative estimate of drug-likeness (QED) is 0.760. The van der Waals surface area contributed by atoms with E-state index in [1.807, 2.05) is 0 Å². The molecule has 0 aromatic heterocycles. The minimum Gasteiger partial charge on any atom is -0.496 e. The van der Waals surface area contributed by atoms with Crippen LogP contribution in [0, 0.1) is 0 Å². The molecule has 98 valence electrons. The summed E-state index contributed by atoms with van der Waals surface area (Å²) in [5, 5.41) is 0. The summed E-state index contributed by atoms with van der Waals surface area (Å²) >= 11 is 0. The fraction of sp³-hybridized carbons (Fsp3) is 0.308. The zero-order chi connectivity index (χ0) is 13.6. The molecule has 0 saturated carbocycles. The first-order valence-corrected chi connectivity index (χ1v) is 5.38. The summed E-state index contributed by atoms with van der Waals surface area (Å²) in [5.74, 6) is -4.75. The lowest BCUT2D eigenvalue weighted by Crippen LogP contribution is -2.28. The minimum atomic E-state index is -3.64. The zero-order valence-electron chi connectivity index (χ0n) is 10.2. The topological polar surface area (TPSA) is 35.5 Å². The first kappa shape index (κ1) is 14.2. The molecule has 0 bridgehead atoms. The van der Waals surface area contributed by atoms with Crippen LogP contribution in [0.25, 0.3) is 6.08 Å². The maximum atomic E-state index is 13.3. The van der Waals surface area contributed by atoms with Crippen molar-refractivity contribution in [1.82, 2.24) is 0 Å². The van der Waals surface area contributed by atoms with E-state index in [0.717, 1.165) is 6.08 Å². The number of para-hydroxylation sites is 1. The van der Waals surface area contributed by atoms with E-state index >= 15 is 0 Å². The van der Waals surface area contributed by atoms with Crippen molar-refractivity contribution >= 4 is 12.0 Å². The van der Waals surface area contributed by atoms with Crippen molar-refractivity contribution in [3.05, 3.63) is 35.9 Å². The van der Waals surface area contributed by atoms with Gasteiger partial charge < -0.3 is 9.47 Å². The van der Waals surface area contributed by atoms with Crippen molar-refractivity contribution in [3.8, 4) is 5.75 Å². The van der Waals surface area contributed by atoms with E-state index in [0.29, 0.717) is 17.4 Å². The predicted octanol–water partition coefficient (Wildman–Crippen LogP) is 2.91. The Kier molecular flexibility index (Phi) is 4.83. The van der Waals surface area contributed by atoms with Gasteiger partial charge in [-0.15, -0.1) is 0 Å². The highest BCUT2D eigenvalue weighted by Crippen LogP contribution is 2.23. The Balaban J connectivity index is 2.88. The van der Waals surface area contributed by atoms with Crippen molar-refractivity contribution in [2.75, 3.05) is 13.7 Å². The number of esters is 1. The van der Waals surface area contributed by atoms with Crippen LogP contribution >= 0.6 is 0 Å². The summed E-state index contributed by atoms with van der Waals surface area (Å²) in [4.78, 5) is 11.0. The van der Waals surface area contributed by atoms with Crippen LogP contribution in [0.4, 0.5) is 8.78 Å². The Morgan fingerprint density at radius 2 is 2.06 bits per heavy atom. The highest BCUT2D eigenvalue weighted by atomic mass is 19.3. The highest BCUT2D eigenvalue weighted by Gasteiger charge is 2.37. The largest absolute Gasteiger partial charge is 0.496 e. The lowest BCUT2D eigenvalue weighted by Gasteiger charge is -2.10. The summed E-state index contributed by atoms with van der Waals surface area (Å²) in [6.07, 6.45) is 1.64. The smallest absolute Gasteiger partial charge is 0.381 e. The summed E-state index contributed by atoms with van der Waals surface area (Å²) in [6.45, 7) is 1.38. The second-order valence-electron chi connectivity index (χ2n) is 3.42. The molecule has 0 aliphatic heterocycles. The van der Waals surface area contributed by atoms with Crippen LogP contribution in [-0.4, -0.2) is 25.6 Å². The van der Waals surface area contributed by atoms with Crippen molar-refractivity contribution in [1.29, 1.82) is 0 Å². The number of ether oxygens (including phenoxy) is 2. The maximum Gasteiger partial charge on any atom is 0.381 e. The average Bonchev–Trinajstić information content (AvgIpc) is 2.37. The zero-order valence-corrected chi connectivity index (χ0v) is 10.2. The number of alkyl halides is 2. The Bertz CT molecular complexity index is 442. The summed E-state index contributed by atoms with van der Waals surface area (Å²) in [5.41, 5.74) is 0.462. The number of benzene rings is 1. The van der Waals surface area contributed by atoms with E-state index < -0.39 is 11.9 Å². The second kappa shape index (κ2) is 6.14. The molecule has 0 radical (unpaired) electrons. The van der Waals surface area contributed by atoms with Crippen molar-refractivity contribution in [3.63, 3.8) is 0 Å². The van der Waals surface area contributed by atoms with Crippen LogP contribution < -0.4 is 4.74 Å². The van der Waals surface area contributed by atoms with Gasteiger partial charge in [0.2, 0.25) is 0 Å². The maximum absolute atomic E-state index is 13.3. The van der Waals surface area contributed by atoms with Gasteiger partial charge in [0.25, 0.3) is 0 Å². The number of hydrogen-bond acceptors (Lipinski definition) is 3. The predicted molar refractivity (Wildman–Crippen MR) is 63.6 cm³/mol. The van der Waals surface area contributed by atoms with Crippen LogP contribution in [0.15, 0.2) is 30.3 Å². The summed E-state index contributed by atoms with van der Waals surface area (Å²) < 4.78 is 35.9. The number of hydrogen-bond donors (Lipinski definition) is 0. The van der Waals surface area contributed by atoms with Crippen LogP contribution in [0.1, 0.15) is 12.5 Å². The van der Waals surface area contributed by atoms with Gasteiger partial charge in [-0.1, -0.05) is 18.2 Å². The van der Waals surface area contributed by atoms with Gasteiger partial charge in [0.1, 0.15) is 5.75 Å². The molecule has 0 heterocycles. The highest BCUT2D eigenvalue weighted by molar-refractivity contribution is 5.81. The molecular weight excluding hydrogens is 242 g/mol. The molecule has 0 atom stereocenters. The van der Waals surface area contributed by atoms with Gasteiger partial charge in [0, 0.05) is 5.56 Å². The third-order valence-corrected chi connectivity index (χ3v) is 2.16. The number of halogens is 2. The van der Waals surface area contributed by atoms with Gasteiger partial charge in [0.05, 0.1) is 13.7 Å². The molecule has 0 aliphatic carbocycles. The van der Waals surface area contributed by atoms with Crippen LogP contribution in [0.5, 0.6) is 5.75 Å². The lowest BCUT2D eigenvalue weighted by molar-refractivity contribution is -0.164. The molecule has 0 unspecified atom stereocenters. The molecule has 1 aromatic carbocycles. The standard InChI is InChI=1S/C13H14F2O3/c1-3-18-12(16)13(14,15)9-8-10-6-4-5-7-11(10)17-2/h4-9H,3H2,1-2H3/b9-8+. The molecule has 0 amide bonds. The molecule has 5 heteroatoms. The molecule has 1 aromatic rings. The molecule has 0 N–H and O–H groups in total. The molecule has 0 saturated heterocycles. The van der Waals surface area contributed by atoms with E-state index in [1.54, 1.807) is 24.3 Å². The third kappa shape index (κ3) is 3.55. The first-order chi connectivity index (χ1) is 8.51. The minimum absolute atomic E-state index is 0.0864. The lowest BCUT2D eigenvalue weighted by atomic mass is 10.1. The Labute approximate surface area is 104 Å². The number of methoxy groups -OCH3 is 1. The number of rotatable bonds is 5. The van der Waals surface area contributed by atoms with Gasteiger partial charge in [-0.3, -0.25) is 0 Å². The SMILES string of the molecule is CCOC(=O)C(F)(F)/C=C/c1ccccc1OC. The summed E-state index contributed by atoms with van der Waals surface area (Å²) in [7, 11) is 1.44. The Morgan fingerprint density at radius 1 is 1.39 bits per heavy atom. The summed E-state index contributed by atoms with van der Waals surface area (Å²) in [6, 6.07) is 6.66. The van der Waals surface area contributed by atoms with Crippen LogP contribution in [-0.2, 0) is 9.53 Å². The second-order valence-corrected chi connectivity index (χ2v) is 3.42. The third-order valence-electron chi connectivity index (χ3n) is 2.16. The van der Waals surface area contributed by atoms with E-state index in [1.165, 1.54) is 14.0 Å². The molecular formula is C13H14F2O3. The van der Waals surface area contributed by atoms with E-state index in [2.05, 4.69) is 4.74 Å². The van der Waals surface area contributed by atoms with Gasteiger partial charge in [-0.05, 0) is 25.1 Å². The van der Waals surface area contributed by atoms with Gasteiger partial charge >= 0.3 is 11.9 Å². The van der Waals surface area contributed by atoms with Gasteiger partial charge in [-0.25, -0.2) is 4.79 Å². The number of carbonyl (C=O) groups excluding carboxylic acids is 1. The Morgan fingerprint density at radius 3 is 2.67 bits per heavy atom. The van der Waals surface area contributed by atoms with Crippen molar-refractivity contribution in [2.24, 2.45) is 0 Å². The normalized spacial score (nSPS) is 11.6. The van der Waals surface area contributed by atoms with Crippen LogP contribution in [0.2, 0.25) is 0 Å². The molecule has 0 aliphatic rings. The molecule has 1 rings (SSSR count). The molecule has 0 spiro atoms. The monoisotopic (exact) mass is 256 g/mol. The van der Waals surface area contributed by atoms with Crippen molar-refractivity contribution < 1.29 is 23.0 Å². The van der Waals surface area contributed by atoms with Gasteiger partial charge in [-0.2, -0.15) is 8.78 Å². The fourth-order valence-electron chi connectivity index (χ4n) is 1.29. The van der Waals surface area contributed by atoms with Gasteiger partial charge in [0.15, 0.2) is 0 Å².